The van der Waals surface area contributed by atoms with Crippen LogP contribution in [-0.2, 0) is 9.53 Å². The lowest BCUT2D eigenvalue weighted by Gasteiger charge is -2.09. The number of anilines is 1. The lowest BCUT2D eigenvalue weighted by Crippen LogP contribution is -2.09. The molecule has 0 amide bonds. The summed E-state index contributed by atoms with van der Waals surface area (Å²) in [5.74, 6) is -0.444. The summed E-state index contributed by atoms with van der Waals surface area (Å²) in [6.07, 6.45) is 0.236. The van der Waals surface area contributed by atoms with Crippen LogP contribution in [0, 0.1) is 10.1 Å². The van der Waals surface area contributed by atoms with Gasteiger partial charge in [-0.1, -0.05) is 6.92 Å². The smallest absolute Gasteiger partial charge is 0.311 e. The molecule has 0 spiro atoms. The fourth-order valence-corrected chi connectivity index (χ4v) is 2.16. The zero-order valence-corrected chi connectivity index (χ0v) is 10.8. The van der Waals surface area contributed by atoms with Gasteiger partial charge in [-0.2, -0.15) is 0 Å². The SMILES string of the molecule is COC(=O)CC(C)Sc1ccc([N+](=O)[O-])c(N)n1. The number of nitrogens with two attached hydrogens (primary N) is 1. The first-order valence-electron chi connectivity index (χ1n) is 5.08. The van der Waals surface area contributed by atoms with Crippen LogP contribution in [0.3, 0.4) is 0 Å². The number of hydrogen-bond donors (Lipinski definition) is 1. The molecule has 0 aliphatic carbocycles. The van der Waals surface area contributed by atoms with Crippen molar-refractivity contribution in [3.05, 3.63) is 22.2 Å². The van der Waals surface area contributed by atoms with E-state index >= 15 is 0 Å². The molecule has 1 heterocycles. The van der Waals surface area contributed by atoms with E-state index in [1.54, 1.807) is 0 Å². The van der Waals surface area contributed by atoms with Gasteiger partial charge in [-0.15, -0.1) is 11.8 Å². The van der Waals surface area contributed by atoms with Crippen LogP contribution in [0.25, 0.3) is 0 Å². The van der Waals surface area contributed by atoms with E-state index in [0.717, 1.165) is 0 Å². The number of nitrogen functional groups attached to an aromatic ring is 1. The predicted octanol–water partition coefficient (Wildman–Crippen LogP) is 1.62. The Morgan fingerprint density at radius 3 is 2.83 bits per heavy atom. The Morgan fingerprint density at radius 2 is 2.33 bits per heavy atom. The fourth-order valence-electron chi connectivity index (χ4n) is 1.23. The van der Waals surface area contributed by atoms with Gasteiger partial charge in [-0.3, -0.25) is 14.9 Å². The van der Waals surface area contributed by atoms with Gasteiger partial charge in [0.05, 0.1) is 23.5 Å². The highest BCUT2D eigenvalue weighted by Gasteiger charge is 2.16. The van der Waals surface area contributed by atoms with E-state index in [4.69, 9.17) is 5.73 Å². The molecule has 1 aromatic heterocycles. The van der Waals surface area contributed by atoms with Gasteiger partial charge in [-0.25, -0.2) is 4.98 Å². The van der Waals surface area contributed by atoms with Crippen molar-refractivity contribution < 1.29 is 14.5 Å². The molecule has 0 aliphatic heterocycles. The maximum atomic E-state index is 11.1. The summed E-state index contributed by atoms with van der Waals surface area (Å²) in [6, 6.07) is 2.81. The molecule has 2 N–H and O–H groups in total. The first-order valence-corrected chi connectivity index (χ1v) is 5.96. The Hall–Kier alpha value is -1.83. The third kappa shape index (κ3) is 3.88. The molecular weight excluding hydrogens is 258 g/mol. The lowest BCUT2D eigenvalue weighted by molar-refractivity contribution is -0.384. The Morgan fingerprint density at radius 1 is 1.67 bits per heavy atom. The van der Waals surface area contributed by atoms with Crippen molar-refractivity contribution in [3.63, 3.8) is 0 Å². The first-order chi connectivity index (χ1) is 8.43. The van der Waals surface area contributed by atoms with Crippen LogP contribution in [0.2, 0.25) is 0 Å². The molecule has 0 aromatic carbocycles. The summed E-state index contributed by atoms with van der Waals surface area (Å²) >= 11 is 1.31. The van der Waals surface area contributed by atoms with E-state index in [1.807, 2.05) is 6.92 Å². The highest BCUT2D eigenvalue weighted by atomic mass is 32.2. The minimum Gasteiger partial charge on any atom is -0.469 e. The van der Waals surface area contributed by atoms with Crippen LogP contribution < -0.4 is 5.73 Å². The number of nitro groups is 1. The molecule has 7 nitrogen and oxygen atoms in total. The third-order valence-corrected chi connectivity index (χ3v) is 3.12. The largest absolute Gasteiger partial charge is 0.469 e. The lowest BCUT2D eigenvalue weighted by atomic mass is 10.3. The van der Waals surface area contributed by atoms with Crippen molar-refractivity contribution in [1.82, 2.24) is 4.98 Å². The number of esters is 1. The van der Waals surface area contributed by atoms with E-state index in [0.29, 0.717) is 5.03 Å². The Labute approximate surface area is 108 Å². The number of nitrogens with zero attached hydrogens (tertiary/aromatic N) is 2. The normalized spacial score (nSPS) is 11.9. The van der Waals surface area contributed by atoms with Crippen molar-refractivity contribution in [2.45, 2.75) is 23.6 Å². The summed E-state index contributed by atoms with van der Waals surface area (Å²) in [7, 11) is 1.32. The second-order valence-electron chi connectivity index (χ2n) is 3.52. The van der Waals surface area contributed by atoms with Crippen LogP contribution in [0.5, 0.6) is 0 Å². The van der Waals surface area contributed by atoms with Crippen LogP contribution in [0.4, 0.5) is 11.5 Å². The van der Waals surface area contributed by atoms with Gasteiger partial charge in [0, 0.05) is 11.3 Å². The molecule has 0 radical (unpaired) electrons. The number of ether oxygens (including phenoxy) is 1. The number of carbonyl (C=O) groups excluding carboxylic acids is 1. The maximum absolute atomic E-state index is 11.1. The molecule has 0 aliphatic rings. The van der Waals surface area contributed by atoms with Gasteiger partial charge in [0.2, 0.25) is 5.82 Å². The Balaban J connectivity index is 2.71. The van der Waals surface area contributed by atoms with Crippen molar-refractivity contribution in [2.75, 3.05) is 12.8 Å². The third-order valence-electron chi connectivity index (χ3n) is 2.08. The minimum absolute atomic E-state index is 0.0502. The highest BCUT2D eigenvalue weighted by Crippen LogP contribution is 2.27. The molecule has 1 aromatic rings. The van der Waals surface area contributed by atoms with Gasteiger partial charge >= 0.3 is 11.7 Å². The average molecular weight is 271 g/mol. The number of carbonyl (C=O) groups is 1. The molecule has 18 heavy (non-hydrogen) atoms. The van der Waals surface area contributed by atoms with Crippen molar-refractivity contribution in [1.29, 1.82) is 0 Å². The summed E-state index contributed by atoms with van der Waals surface area (Å²) in [5.41, 5.74) is 5.25. The summed E-state index contributed by atoms with van der Waals surface area (Å²) < 4.78 is 4.55. The molecule has 0 fully saturated rings. The van der Waals surface area contributed by atoms with Crippen LogP contribution in [-0.4, -0.2) is 28.2 Å². The average Bonchev–Trinajstić information content (AvgIpc) is 2.28. The highest BCUT2D eigenvalue weighted by molar-refractivity contribution is 7.99. The number of methoxy groups -OCH3 is 1. The van der Waals surface area contributed by atoms with Crippen molar-refractivity contribution >= 4 is 29.2 Å². The fraction of sp³-hybridized carbons (Fsp3) is 0.400. The number of aromatic nitrogens is 1. The summed E-state index contributed by atoms with van der Waals surface area (Å²) in [6.45, 7) is 1.83. The van der Waals surface area contributed by atoms with Crippen LogP contribution in [0.15, 0.2) is 17.2 Å². The second kappa shape index (κ2) is 6.20. The molecule has 1 rings (SSSR count). The Kier molecular flexibility index (Phi) is 4.90. The molecule has 8 heteroatoms. The molecule has 0 bridgehead atoms. The Bertz CT molecular complexity index is 466. The maximum Gasteiger partial charge on any atom is 0.311 e. The van der Waals surface area contributed by atoms with Gasteiger partial charge in [0.15, 0.2) is 0 Å². The van der Waals surface area contributed by atoms with Crippen molar-refractivity contribution in [3.8, 4) is 0 Å². The first kappa shape index (κ1) is 14.2. The van der Waals surface area contributed by atoms with E-state index in [1.165, 1.54) is 31.0 Å². The molecule has 0 saturated heterocycles. The minimum atomic E-state index is -0.589. The predicted molar refractivity (Wildman–Crippen MR) is 67.3 cm³/mol. The monoisotopic (exact) mass is 271 g/mol. The van der Waals surface area contributed by atoms with E-state index in [-0.39, 0.29) is 29.1 Å². The topological polar surface area (TPSA) is 108 Å². The zero-order chi connectivity index (χ0) is 13.7. The summed E-state index contributed by atoms with van der Waals surface area (Å²) in [4.78, 5) is 24.9. The number of hydrogen-bond acceptors (Lipinski definition) is 7. The molecule has 1 atom stereocenters. The summed E-state index contributed by atoms with van der Waals surface area (Å²) in [5, 5.41) is 11.0. The van der Waals surface area contributed by atoms with E-state index in [2.05, 4.69) is 9.72 Å². The quantitative estimate of drug-likeness (QED) is 0.375. The molecular formula is C10H13N3O4S. The molecule has 98 valence electrons. The zero-order valence-electron chi connectivity index (χ0n) is 9.95. The van der Waals surface area contributed by atoms with E-state index < -0.39 is 4.92 Å². The number of thioether (sulfide) groups is 1. The van der Waals surface area contributed by atoms with Gasteiger partial charge in [0.1, 0.15) is 0 Å². The van der Waals surface area contributed by atoms with Crippen LogP contribution >= 0.6 is 11.8 Å². The second-order valence-corrected chi connectivity index (χ2v) is 4.98. The van der Waals surface area contributed by atoms with Gasteiger partial charge < -0.3 is 10.5 Å². The van der Waals surface area contributed by atoms with Gasteiger partial charge in [-0.05, 0) is 6.07 Å². The number of rotatable bonds is 5. The molecule has 1 unspecified atom stereocenters. The van der Waals surface area contributed by atoms with Crippen LogP contribution in [0.1, 0.15) is 13.3 Å². The van der Waals surface area contributed by atoms with E-state index in [9.17, 15) is 14.9 Å². The van der Waals surface area contributed by atoms with Gasteiger partial charge in [0.25, 0.3) is 0 Å². The van der Waals surface area contributed by atoms with Crippen molar-refractivity contribution in [2.24, 2.45) is 0 Å². The standard InChI is InChI=1S/C10H13N3O4S/c1-6(5-9(14)17-2)18-8-4-3-7(13(15)16)10(11)12-8/h3-4,6H,5H2,1-2H3,(H2,11,12). The number of pyridine rings is 1. The molecule has 0 saturated carbocycles.